The van der Waals surface area contributed by atoms with Gasteiger partial charge in [-0.3, -0.25) is 4.79 Å². The van der Waals surface area contributed by atoms with Crippen molar-refractivity contribution in [3.63, 3.8) is 0 Å². The number of rotatable bonds is 5. The van der Waals surface area contributed by atoms with Crippen LogP contribution in [0.3, 0.4) is 0 Å². The molecule has 72 valence electrons. The average molecular weight is 199 g/mol. The smallest absolute Gasteiger partial charge is 0.216 e. The zero-order valence-electron chi connectivity index (χ0n) is 7.58. The minimum absolute atomic E-state index is 0.0265. The Kier molecular flexibility index (Phi) is 4.46. The van der Waals surface area contributed by atoms with Gasteiger partial charge in [-0.15, -0.1) is 0 Å². The quantitative estimate of drug-likeness (QED) is 0.733. The molecule has 1 amide bonds. The first kappa shape index (κ1) is 10.2. The molecule has 13 heavy (non-hydrogen) atoms. The average Bonchev–Trinajstić information content (AvgIpc) is 2.55. The lowest BCUT2D eigenvalue weighted by Crippen LogP contribution is -2.22. The molecule has 0 saturated heterocycles. The van der Waals surface area contributed by atoms with E-state index >= 15 is 0 Å². The third-order valence-electron chi connectivity index (χ3n) is 1.44. The van der Waals surface area contributed by atoms with Gasteiger partial charge >= 0.3 is 0 Å². The molecule has 0 unspecified atom stereocenters. The molecule has 4 heteroatoms. The molecule has 0 radical (unpaired) electrons. The Hall–Kier alpha value is -0.900. The first-order chi connectivity index (χ1) is 6.29. The van der Waals surface area contributed by atoms with E-state index < -0.39 is 0 Å². The molecule has 0 spiro atoms. The maximum atomic E-state index is 10.5. The highest BCUT2D eigenvalue weighted by atomic mass is 32.2. The highest BCUT2D eigenvalue weighted by Crippen LogP contribution is 2.11. The van der Waals surface area contributed by atoms with Gasteiger partial charge in [0.2, 0.25) is 5.91 Å². The second-order valence-electron chi connectivity index (χ2n) is 2.61. The third-order valence-corrected chi connectivity index (χ3v) is 2.43. The normalized spacial score (nSPS) is 9.92. The van der Waals surface area contributed by atoms with Gasteiger partial charge in [-0.05, 0) is 12.1 Å². The molecule has 1 N–H and O–H groups in total. The summed E-state index contributed by atoms with van der Waals surface area (Å²) in [5.41, 5.74) is 0. The van der Waals surface area contributed by atoms with Crippen molar-refractivity contribution < 1.29 is 9.21 Å². The largest absolute Gasteiger partial charge is 0.468 e. The molecule has 1 heterocycles. The van der Waals surface area contributed by atoms with Crippen molar-refractivity contribution in [3.05, 3.63) is 24.2 Å². The lowest BCUT2D eigenvalue weighted by molar-refractivity contribution is -0.118. The standard InChI is InChI=1S/C9H13NO2S/c1-8(11)10-4-6-13-7-9-3-2-5-12-9/h2-3,5H,4,6-7H2,1H3,(H,10,11). The summed E-state index contributed by atoms with van der Waals surface area (Å²) in [5.74, 6) is 2.79. The van der Waals surface area contributed by atoms with E-state index in [2.05, 4.69) is 5.32 Å². The zero-order chi connectivity index (χ0) is 9.52. The summed E-state index contributed by atoms with van der Waals surface area (Å²) >= 11 is 1.74. The minimum atomic E-state index is 0.0265. The fourth-order valence-electron chi connectivity index (χ4n) is 0.867. The molecule has 0 fully saturated rings. The van der Waals surface area contributed by atoms with Crippen LogP contribution >= 0.6 is 11.8 Å². The Bertz CT molecular complexity index is 246. The topological polar surface area (TPSA) is 42.2 Å². The van der Waals surface area contributed by atoms with Gasteiger partial charge in [-0.2, -0.15) is 11.8 Å². The Labute approximate surface area is 81.9 Å². The summed E-state index contributed by atoms with van der Waals surface area (Å²) in [7, 11) is 0. The van der Waals surface area contributed by atoms with E-state index in [1.165, 1.54) is 6.92 Å². The van der Waals surface area contributed by atoms with Crippen LogP contribution < -0.4 is 5.32 Å². The molecular formula is C9H13NO2S. The number of carbonyl (C=O) groups is 1. The molecule has 0 aromatic carbocycles. The first-order valence-electron chi connectivity index (χ1n) is 4.13. The molecule has 1 aromatic rings. The molecule has 3 nitrogen and oxygen atoms in total. The number of furan rings is 1. The number of hydrogen-bond donors (Lipinski definition) is 1. The monoisotopic (exact) mass is 199 g/mol. The number of carbonyl (C=O) groups excluding carboxylic acids is 1. The fourth-order valence-corrected chi connectivity index (χ4v) is 1.62. The molecular weight excluding hydrogens is 186 g/mol. The van der Waals surface area contributed by atoms with Crippen LogP contribution in [0.5, 0.6) is 0 Å². The summed E-state index contributed by atoms with van der Waals surface area (Å²) in [4.78, 5) is 10.5. The van der Waals surface area contributed by atoms with E-state index in [1.54, 1.807) is 18.0 Å². The lowest BCUT2D eigenvalue weighted by atomic mass is 10.5. The SMILES string of the molecule is CC(=O)NCCSCc1ccco1. The van der Waals surface area contributed by atoms with E-state index in [9.17, 15) is 4.79 Å². The molecule has 0 saturated carbocycles. The van der Waals surface area contributed by atoms with Crippen LogP contribution in [-0.2, 0) is 10.5 Å². The van der Waals surface area contributed by atoms with Gasteiger partial charge in [0, 0.05) is 19.2 Å². The first-order valence-corrected chi connectivity index (χ1v) is 5.29. The summed E-state index contributed by atoms with van der Waals surface area (Å²) < 4.78 is 5.15. The highest BCUT2D eigenvalue weighted by molar-refractivity contribution is 7.98. The predicted octanol–water partition coefficient (Wildman–Crippen LogP) is 1.65. The van der Waals surface area contributed by atoms with Crippen molar-refractivity contribution in [1.82, 2.24) is 5.32 Å². The van der Waals surface area contributed by atoms with Crippen molar-refractivity contribution in [2.75, 3.05) is 12.3 Å². The maximum Gasteiger partial charge on any atom is 0.216 e. The van der Waals surface area contributed by atoms with Crippen LogP contribution in [0.4, 0.5) is 0 Å². The van der Waals surface area contributed by atoms with Crippen LogP contribution in [-0.4, -0.2) is 18.2 Å². The van der Waals surface area contributed by atoms with Crippen molar-refractivity contribution in [1.29, 1.82) is 0 Å². The minimum Gasteiger partial charge on any atom is -0.468 e. The van der Waals surface area contributed by atoms with E-state index in [0.717, 1.165) is 23.8 Å². The van der Waals surface area contributed by atoms with Gasteiger partial charge in [0.25, 0.3) is 0 Å². The predicted molar refractivity (Wildman–Crippen MR) is 53.6 cm³/mol. The van der Waals surface area contributed by atoms with E-state index in [4.69, 9.17) is 4.42 Å². The Morgan fingerprint density at radius 3 is 3.15 bits per heavy atom. The lowest BCUT2D eigenvalue weighted by Gasteiger charge is -2.00. The van der Waals surface area contributed by atoms with Gasteiger partial charge in [-0.1, -0.05) is 0 Å². The van der Waals surface area contributed by atoms with Crippen LogP contribution in [0.25, 0.3) is 0 Å². The number of thioether (sulfide) groups is 1. The van der Waals surface area contributed by atoms with Crippen LogP contribution in [0, 0.1) is 0 Å². The summed E-state index contributed by atoms with van der Waals surface area (Å²) in [6.45, 7) is 2.25. The van der Waals surface area contributed by atoms with Crippen LogP contribution in [0.2, 0.25) is 0 Å². The molecule has 0 atom stereocenters. The van der Waals surface area contributed by atoms with Crippen molar-refractivity contribution in [2.24, 2.45) is 0 Å². The Morgan fingerprint density at radius 1 is 1.69 bits per heavy atom. The molecule has 0 aliphatic carbocycles. The summed E-state index contributed by atoms with van der Waals surface area (Å²) in [6.07, 6.45) is 1.67. The highest BCUT2D eigenvalue weighted by Gasteiger charge is 1.95. The maximum absolute atomic E-state index is 10.5. The molecule has 1 rings (SSSR count). The van der Waals surface area contributed by atoms with E-state index in [-0.39, 0.29) is 5.91 Å². The molecule has 0 aliphatic rings. The molecule has 1 aromatic heterocycles. The molecule has 0 aliphatic heterocycles. The number of amides is 1. The summed E-state index contributed by atoms with van der Waals surface area (Å²) in [6, 6.07) is 3.83. The van der Waals surface area contributed by atoms with Gasteiger partial charge in [0.15, 0.2) is 0 Å². The second kappa shape index (κ2) is 5.70. The van der Waals surface area contributed by atoms with Crippen molar-refractivity contribution >= 4 is 17.7 Å². The number of nitrogens with one attached hydrogen (secondary N) is 1. The van der Waals surface area contributed by atoms with Gasteiger partial charge in [-0.25, -0.2) is 0 Å². The van der Waals surface area contributed by atoms with Crippen LogP contribution in [0.15, 0.2) is 22.8 Å². The van der Waals surface area contributed by atoms with Crippen molar-refractivity contribution in [2.45, 2.75) is 12.7 Å². The molecule has 0 bridgehead atoms. The van der Waals surface area contributed by atoms with Gasteiger partial charge in [0.1, 0.15) is 5.76 Å². The Balaban J connectivity index is 1.99. The summed E-state index contributed by atoms with van der Waals surface area (Å²) in [5, 5.41) is 2.74. The Morgan fingerprint density at radius 2 is 2.54 bits per heavy atom. The van der Waals surface area contributed by atoms with Crippen LogP contribution in [0.1, 0.15) is 12.7 Å². The van der Waals surface area contributed by atoms with Crippen molar-refractivity contribution in [3.8, 4) is 0 Å². The number of hydrogen-bond acceptors (Lipinski definition) is 3. The third kappa shape index (κ3) is 4.62. The van der Waals surface area contributed by atoms with Gasteiger partial charge < -0.3 is 9.73 Å². The van der Waals surface area contributed by atoms with Gasteiger partial charge in [0.05, 0.1) is 12.0 Å². The second-order valence-corrected chi connectivity index (χ2v) is 3.72. The van der Waals surface area contributed by atoms with E-state index in [1.807, 2.05) is 12.1 Å². The fraction of sp³-hybridized carbons (Fsp3) is 0.444. The zero-order valence-corrected chi connectivity index (χ0v) is 8.39. The van der Waals surface area contributed by atoms with E-state index in [0.29, 0.717) is 0 Å².